The number of carbonyl (C=O) groups excluding carboxylic acids is 1. The summed E-state index contributed by atoms with van der Waals surface area (Å²) in [5.41, 5.74) is 4.39. The van der Waals surface area contributed by atoms with Gasteiger partial charge in [-0.2, -0.15) is 5.10 Å². The van der Waals surface area contributed by atoms with Crippen LogP contribution < -0.4 is 0 Å². The molecule has 2 heterocycles. The van der Waals surface area contributed by atoms with E-state index in [1.54, 1.807) is 16.0 Å². The zero-order valence-electron chi connectivity index (χ0n) is 19.0. The van der Waals surface area contributed by atoms with Crippen molar-refractivity contribution in [3.63, 3.8) is 0 Å². The number of rotatable bonds is 8. The third kappa shape index (κ3) is 5.53. The normalized spacial score (nSPS) is 10.9. The van der Waals surface area contributed by atoms with Gasteiger partial charge in [0.25, 0.3) is 5.91 Å². The molecule has 6 heteroatoms. The van der Waals surface area contributed by atoms with Crippen LogP contribution in [0.15, 0.2) is 109 Å². The summed E-state index contributed by atoms with van der Waals surface area (Å²) in [7, 11) is 0. The van der Waals surface area contributed by atoms with Crippen molar-refractivity contribution < 1.29 is 4.79 Å². The highest BCUT2D eigenvalue weighted by molar-refractivity contribution is 7.13. The van der Waals surface area contributed by atoms with Crippen LogP contribution in [-0.2, 0) is 13.0 Å². The van der Waals surface area contributed by atoms with E-state index in [1.165, 1.54) is 5.56 Å². The molecule has 0 spiro atoms. The Labute approximate surface area is 214 Å². The van der Waals surface area contributed by atoms with E-state index < -0.39 is 0 Å². The predicted molar refractivity (Wildman–Crippen MR) is 143 cm³/mol. The third-order valence-corrected chi connectivity index (χ3v) is 6.93. The summed E-state index contributed by atoms with van der Waals surface area (Å²) in [6, 6.07) is 33.7. The molecule has 5 rings (SSSR count). The first-order chi connectivity index (χ1) is 17.2. The quantitative estimate of drug-likeness (QED) is 0.228. The van der Waals surface area contributed by atoms with Crippen molar-refractivity contribution in [2.24, 2.45) is 0 Å². The van der Waals surface area contributed by atoms with Gasteiger partial charge >= 0.3 is 0 Å². The maximum absolute atomic E-state index is 14.1. The highest BCUT2D eigenvalue weighted by Crippen LogP contribution is 2.27. The summed E-state index contributed by atoms with van der Waals surface area (Å²) in [6.45, 7) is 1.12. The number of hydrogen-bond donors (Lipinski definition) is 0. The predicted octanol–water partition coefficient (Wildman–Crippen LogP) is 7.14. The molecule has 0 aliphatic heterocycles. The number of aromatic nitrogens is 2. The summed E-state index contributed by atoms with van der Waals surface area (Å²) in [5, 5.41) is 7.47. The van der Waals surface area contributed by atoms with Crippen molar-refractivity contribution in [2.75, 3.05) is 6.54 Å². The van der Waals surface area contributed by atoms with E-state index in [2.05, 4.69) is 24.3 Å². The van der Waals surface area contributed by atoms with Crippen LogP contribution in [0, 0.1) is 0 Å². The second kappa shape index (κ2) is 10.7. The Balaban J connectivity index is 1.52. The van der Waals surface area contributed by atoms with Crippen LogP contribution in [0.5, 0.6) is 0 Å². The summed E-state index contributed by atoms with van der Waals surface area (Å²) < 4.78 is 1.73. The second-order valence-corrected chi connectivity index (χ2v) is 9.61. The topological polar surface area (TPSA) is 38.1 Å². The molecule has 174 valence electrons. The monoisotopic (exact) mass is 497 g/mol. The molecule has 0 aliphatic carbocycles. The minimum atomic E-state index is -0.0601. The van der Waals surface area contributed by atoms with Crippen molar-refractivity contribution in [1.29, 1.82) is 0 Å². The lowest BCUT2D eigenvalue weighted by Crippen LogP contribution is -2.34. The lowest BCUT2D eigenvalue weighted by atomic mass is 10.1. The largest absolute Gasteiger partial charge is 0.333 e. The Bertz CT molecular complexity index is 1380. The van der Waals surface area contributed by atoms with Crippen molar-refractivity contribution >= 4 is 28.8 Å². The molecule has 35 heavy (non-hydrogen) atoms. The Morgan fingerprint density at radius 1 is 0.857 bits per heavy atom. The first-order valence-corrected chi connectivity index (χ1v) is 12.7. The van der Waals surface area contributed by atoms with E-state index in [-0.39, 0.29) is 5.91 Å². The molecule has 0 unspecified atom stereocenters. The molecule has 0 radical (unpaired) electrons. The molecule has 2 aromatic heterocycles. The number of halogens is 1. The van der Waals surface area contributed by atoms with Crippen molar-refractivity contribution in [1.82, 2.24) is 14.7 Å². The standard InChI is InChI=1S/C29H24ClN3OS/c30-24-13-15-25(16-14-24)33-27(20-26(31-33)28-12-7-19-35-28)29(34)32(21-23-10-5-2-6-11-23)18-17-22-8-3-1-4-9-22/h1-16,19-20H,17-18,21H2. The minimum Gasteiger partial charge on any atom is -0.333 e. The van der Waals surface area contributed by atoms with Crippen LogP contribution in [0.1, 0.15) is 21.6 Å². The third-order valence-electron chi connectivity index (χ3n) is 5.79. The van der Waals surface area contributed by atoms with Gasteiger partial charge in [-0.15, -0.1) is 11.3 Å². The van der Waals surface area contributed by atoms with E-state index in [4.69, 9.17) is 16.7 Å². The van der Waals surface area contributed by atoms with Crippen LogP contribution in [-0.4, -0.2) is 27.1 Å². The second-order valence-electron chi connectivity index (χ2n) is 8.23. The highest BCUT2D eigenvalue weighted by atomic mass is 35.5. The number of amides is 1. The average molecular weight is 498 g/mol. The summed E-state index contributed by atoms with van der Waals surface area (Å²) in [6.07, 6.45) is 0.770. The molecule has 1 amide bonds. The Morgan fingerprint density at radius 3 is 2.20 bits per heavy atom. The van der Waals surface area contributed by atoms with Crippen molar-refractivity contribution in [2.45, 2.75) is 13.0 Å². The van der Waals surface area contributed by atoms with E-state index >= 15 is 0 Å². The Morgan fingerprint density at radius 2 is 1.54 bits per heavy atom. The summed E-state index contributed by atoms with van der Waals surface area (Å²) in [5.74, 6) is -0.0601. The van der Waals surface area contributed by atoms with Gasteiger partial charge in [-0.1, -0.05) is 78.3 Å². The molecule has 0 saturated carbocycles. The van der Waals surface area contributed by atoms with Gasteiger partial charge in [-0.25, -0.2) is 4.68 Å². The molecule has 0 saturated heterocycles. The van der Waals surface area contributed by atoms with Crippen LogP contribution in [0.2, 0.25) is 5.02 Å². The molecular weight excluding hydrogens is 474 g/mol. The molecule has 4 nitrogen and oxygen atoms in total. The zero-order valence-corrected chi connectivity index (χ0v) is 20.6. The molecule has 0 N–H and O–H groups in total. The maximum Gasteiger partial charge on any atom is 0.272 e. The fraction of sp³-hybridized carbons (Fsp3) is 0.103. The van der Waals surface area contributed by atoms with Crippen molar-refractivity contribution in [3.8, 4) is 16.3 Å². The SMILES string of the molecule is O=C(c1cc(-c2cccs2)nn1-c1ccc(Cl)cc1)N(CCc1ccccc1)Cc1ccccc1. The smallest absolute Gasteiger partial charge is 0.272 e. The highest BCUT2D eigenvalue weighted by Gasteiger charge is 2.23. The first-order valence-electron chi connectivity index (χ1n) is 11.4. The van der Waals surface area contributed by atoms with E-state index in [0.29, 0.717) is 23.8 Å². The maximum atomic E-state index is 14.1. The van der Waals surface area contributed by atoms with Gasteiger partial charge in [-0.05, 0) is 59.3 Å². The van der Waals surface area contributed by atoms with E-state index in [9.17, 15) is 4.79 Å². The number of nitrogens with zero attached hydrogens (tertiary/aromatic N) is 3. The number of thiophene rings is 1. The first kappa shape index (κ1) is 23.1. The summed E-state index contributed by atoms with van der Waals surface area (Å²) >= 11 is 7.73. The van der Waals surface area contributed by atoms with Crippen LogP contribution in [0.4, 0.5) is 0 Å². The average Bonchev–Trinajstić information content (AvgIpc) is 3.58. The van der Waals surface area contributed by atoms with Gasteiger partial charge in [0.1, 0.15) is 11.4 Å². The number of hydrogen-bond acceptors (Lipinski definition) is 3. The van der Waals surface area contributed by atoms with Gasteiger partial charge in [0.15, 0.2) is 0 Å². The molecule has 0 aliphatic rings. The lowest BCUT2D eigenvalue weighted by molar-refractivity contribution is 0.0736. The van der Waals surface area contributed by atoms with Crippen molar-refractivity contribution in [3.05, 3.63) is 130 Å². The summed E-state index contributed by atoms with van der Waals surface area (Å²) in [4.78, 5) is 17.0. The molecular formula is C29H24ClN3OS. The van der Waals surface area contributed by atoms with Gasteiger partial charge < -0.3 is 4.90 Å². The van der Waals surface area contributed by atoms with Crippen LogP contribution in [0.3, 0.4) is 0 Å². The fourth-order valence-corrected chi connectivity index (χ4v) is 4.79. The molecule has 5 aromatic rings. The van der Waals surface area contributed by atoms with E-state index in [0.717, 1.165) is 28.2 Å². The number of benzene rings is 3. The van der Waals surface area contributed by atoms with Gasteiger partial charge in [0.2, 0.25) is 0 Å². The molecule has 0 bridgehead atoms. The zero-order chi connectivity index (χ0) is 24.0. The Hall–Kier alpha value is -3.67. The minimum absolute atomic E-state index is 0.0601. The number of carbonyl (C=O) groups is 1. The molecule has 0 atom stereocenters. The fourth-order valence-electron chi connectivity index (χ4n) is 3.98. The molecule has 0 fully saturated rings. The van der Waals surface area contributed by atoms with Gasteiger partial charge in [-0.3, -0.25) is 4.79 Å². The van der Waals surface area contributed by atoms with Gasteiger partial charge in [0.05, 0.1) is 10.6 Å². The van der Waals surface area contributed by atoms with Gasteiger partial charge in [0, 0.05) is 18.1 Å². The van der Waals surface area contributed by atoms with E-state index in [1.807, 2.05) is 89.1 Å². The van der Waals surface area contributed by atoms with Crippen LogP contribution >= 0.6 is 22.9 Å². The molecule has 3 aromatic carbocycles. The lowest BCUT2D eigenvalue weighted by Gasteiger charge is -2.23. The van der Waals surface area contributed by atoms with Crippen LogP contribution in [0.25, 0.3) is 16.3 Å². The Kier molecular flexibility index (Phi) is 7.07.